The summed E-state index contributed by atoms with van der Waals surface area (Å²) in [4.78, 5) is 10.8. The summed E-state index contributed by atoms with van der Waals surface area (Å²) < 4.78 is 5.13. The molecular formula is C14H11O3-. The number of carbonyl (C=O) groups is 1. The third-order valence-corrected chi connectivity index (χ3v) is 2.50. The standard InChI is InChI=1S/C14H12O3/c1-17-13-7-3-5-11(9-13)10-4-2-6-12(8-10)14(15)16/h2-9H,1H3,(H,15,16)/p-1. The number of hydrogen-bond donors (Lipinski definition) is 0. The fourth-order valence-electron chi connectivity index (χ4n) is 1.63. The topological polar surface area (TPSA) is 49.4 Å². The molecular weight excluding hydrogens is 216 g/mol. The van der Waals surface area contributed by atoms with Crippen molar-refractivity contribution in [3.8, 4) is 16.9 Å². The van der Waals surface area contributed by atoms with Crippen molar-refractivity contribution in [2.24, 2.45) is 0 Å². The van der Waals surface area contributed by atoms with Gasteiger partial charge in [-0.15, -0.1) is 0 Å². The highest BCUT2D eigenvalue weighted by Crippen LogP contribution is 2.24. The fraction of sp³-hybridized carbons (Fsp3) is 0.0714. The number of methoxy groups -OCH3 is 1. The van der Waals surface area contributed by atoms with Crippen molar-refractivity contribution >= 4 is 5.97 Å². The molecule has 0 aliphatic rings. The van der Waals surface area contributed by atoms with Crippen LogP contribution in [0.15, 0.2) is 48.5 Å². The Morgan fingerprint density at radius 3 is 2.35 bits per heavy atom. The number of benzene rings is 2. The second-order valence-corrected chi connectivity index (χ2v) is 3.60. The van der Waals surface area contributed by atoms with E-state index in [4.69, 9.17) is 4.74 Å². The summed E-state index contributed by atoms with van der Waals surface area (Å²) in [7, 11) is 1.59. The van der Waals surface area contributed by atoms with Crippen LogP contribution in [-0.2, 0) is 0 Å². The molecule has 0 aliphatic heterocycles. The molecule has 2 aromatic rings. The summed E-state index contributed by atoms with van der Waals surface area (Å²) in [5.41, 5.74) is 1.91. The van der Waals surface area contributed by atoms with Gasteiger partial charge in [-0.25, -0.2) is 0 Å². The first-order chi connectivity index (χ1) is 8.20. The lowest BCUT2D eigenvalue weighted by atomic mass is 10.0. The van der Waals surface area contributed by atoms with Gasteiger partial charge in [-0.1, -0.05) is 30.3 Å². The van der Waals surface area contributed by atoms with Crippen molar-refractivity contribution in [3.05, 3.63) is 54.1 Å². The number of hydrogen-bond acceptors (Lipinski definition) is 3. The number of carboxylic acid groups (broad SMARTS) is 1. The minimum absolute atomic E-state index is 0.172. The summed E-state index contributed by atoms with van der Waals surface area (Å²) >= 11 is 0. The Morgan fingerprint density at radius 2 is 1.71 bits per heavy atom. The van der Waals surface area contributed by atoms with Gasteiger partial charge in [0, 0.05) is 0 Å². The van der Waals surface area contributed by atoms with Gasteiger partial charge in [-0.05, 0) is 34.9 Å². The van der Waals surface area contributed by atoms with E-state index in [1.54, 1.807) is 19.2 Å². The summed E-state index contributed by atoms with van der Waals surface area (Å²) in [6.07, 6.45) is 0. The number of aromatic carboxylic acids is 1. The van der Waals surface area contributed by atoms with Gasteiger partial charge in [0.05, 0.1) is 13.1 Å². The number of rotatable bonds is 3. The molecule has 0 heterocycles. The Morgan fingerprint density at radius 1 is 1.06 bits per heavy atom. The molecule has 3 nitrogen and oxygen atoms in total. The first-order valence-electron chi connectivity index (χ1n) is 5.16. The second-order valence-electron chi connectivity index (χ2n) is 3.60. The SMILES string of the molecule is COc1cccc(-c2cccc(C(=O)[O-])c2)c1. The molecule has 0 N–H and O–H groups in total. The Balaban J connectivity index is 2.45. The maximum Gasteiger partial charge on any atom is 0.119 e. The van der Waals surface area contributed by atoms with Crippen molar-refractivity contribution < 1.29 is 14.6 Å². The van der Waals surface area contributed by atoms with Crippen molar-refractivity contribution in [3.63, 3.8) is 0 Å². The molecule has 86 valence electrons. The van der Waals surface area contributed by atoms with Crippen LogP contribution in [0.1, 0.15) is 10.4 Å². The van der Waals surface area contributed by atoms with Crippen LogP contribution in [0.2, 0.25) is 0 Å². The summed E-state index contributed by atoms with van der Waals surface area (Å²) in [5, 5.41) is 10.8. The van der Waals surface area contributed by atoms with Crippen molar-refractivity contribution in [2.45, 2.75) is 0 Å². The largest absolute Gasteiger partial charge is 0.545 e. The Bertz CT molecular complexity index is 547. The highest BCUT2D eigenvalue weighted by molar-refractivity contribution is 5.87. The van der Waals surface area contributed by atoms with E-state index in [-0.39, 0.29) is 5.56 Å². The first-order valence-corrected chi connectivity index (χ1v) is 5.16. The summed E-state index contributed by atoms with van der Waals surface area (Å²) in [5.74, 6) is -0.434. The third kappa shape index (κ3) is 2.45. The molecule has 2 rings (SSSR count). The van der Waals surface area contributed by atoms with Gasteiger partial charge in [-0.3, -0.25) is 0 Å². The van der Waals surface area contributed by atoms with Crippen LogP contribution >= 0.6 is 0 Å². The highest BCUT2D eigenvalue weighted by atomic mass is 16.5. The Labute approximate surface area is 99.3 Å². The molecule has 0 amide bonds. The molecule has 0 radical (unpaired) electrons. The Kier molecular flexibility index (Phi) is 3.10. The van der Waals surface area contributed by atoms with E-state index >= 15 is 0 Å². The minimum atomic E-state index is -1.17. The molecule has 0 unspecified atom stereocenters. The van der Waals surface area contributed by atoms with Gasteiger partial charge in [0.15, 0.2) is 0 Å². The van der Waals surface area contributed by atoms with Crippen molar-refractivity contribution in [1.82, 2.24) is 0 Å². The maximum atomic E-state index is 10.8. The lowest BCUT2D eigenvalue weighted by Crippen LogP contribution is -2.22. The summed E-state index contributed by atoms with van der Waals surface area (Å²) in [6.45, 7) is 0. The fourth-order valence-corrected chi connectivity index (χ4v) is 1.63. The predicted octanol–water partition coefficient (Wildman–Crippen LogP) is 1.73. The molecule has 0 saturated carbocycles. The summed E-state index contributed by atoms with van der Waals surface area (Å²) in [6, 6.07) is 14.1. The van der Waals surface area contributed by atoms with Crippen LogP contribution < -0.4 is 9.84 Å². The number of ether oxygens (including phenoxy) is 1. The predicted molar refractivity (Wildman–Crippen MR) is 62.8 cm³/mol. The van der Waals surface area contributed by atoms with Crippen molar-refractivity contribution in [1.29, 1.82) is 0 Å². The normalized spacial score (nSPS) is 9.94. The van der Waals surface area contributed by atoms with E-state index in [0.29, 0.717) is 0 Å². The van der Waals surface area contributed by atoms with Gasteiger partial charge in [-0.2, -0.15) is 0 Å². The van der Waals surface area contributed by atoms with Gasteiger partial charge < -0.3 is 14.6 Å². The third-order valence-electron chi connectivity index (χ3n) is 2.50. The lowest BCUT2D eigenvalue weighted by Gasteiger charge is -2.07. The van der Waals surface area contributed by atoms with E-state index < -0.39 is 5.97 Å². The zero-order chi connectivity index (χ0) is 12.3. The quantitative estimate of drug-likeness (QED) is 0.802. The smallest absolute Gasteiger partial charge is 0.119 e. The molecule has 2 aromatic carbocycles. The number of carbonyl (C=O) groups excluding carboxylic acids is 1. The molecule has 0 aliphatic carbocycles. The monoisotopic (exact) mass is 227 g/mol. The molecule has 0 bridgehead atoms. The molecule has 0 atom stereocenters. The maximum absolute atomic E-state index is 10.8. The Hall–Kier alpha value is -2.29. The molecule has 0 aromatic heterocycles. The van der Waals surface area contributed by atoms with E-state index in [1.807, 2.05) is 30.3 Å². The van der Waals surface area contributed by atoms with Gasteiger partial charge in [0.1, 0.15) is 5.75 Å². The van der Waals surface area contributed by atoms with Crippen LogP contribution in [0.25, 0.3) is 11.1 Å². The van der Waals surface area contributed by atoms with Crippen LogP contribution in [0.4, 0.5) is 0 Å². The van der Waals surface area contributed by atoms with Crippen LogP contribution in [-0.4, -0.2) is 13.1 Å². The zero-order valence-corrected chi connectivity index (χ0v) is 9.34. The second kappa shape index (κ2) is 4.70. The molecule has 0 spiro atoms. The first kappa shape index (κ1) is 11.2. The van der Waals surface area contributed by atoms with Gasteiger partial charge in [0.2, 0.25) is 0 Å². The van der Waals surface area contributed by atoms with E-state index in [9.17, 15) is 9.90 Å². The van der Waals surface area contributed by atoms with E-state index in [0.717, 1.165) is 16.9 Å². The minimum Gasteiger partial charge on any atom is -0.545 e. The molecule has 0 fully saturated rings. The van der Waals surface area contributed by atoms with Crippen LogP contribution in [0.5, 0.6) is 5.75 Å². The van der Waals surface area contributed by atoms with Crippen LogP contribution in [0.3, 0.4) is 0 Å². The van der Waals surface area contributed by atoms with Gasteiger partial charge in [0.25, 0.3) is 0 Å². The van der Waals surface area contributed by atoms with Crippen LogP contribution in [0, 0.1) is 0 Å². The molecule has 17 heavy (non-hydrogen) atoms. The highest BCUT2D eigenvalue weighted by Gasteiger charge is 2.01. The molecule has 0 saturated heterocycles. The zero-order valence-electron chi connectivity index (χ0n) is 9.34. The lowest BCUT2D eigenvalue weighted by molar-refractivity contribution is -0.255. The molecule has 3 heteroatoms. The average molecular weight is 227 g/mol. The van der Waals surface area contributed by atoms with E-state index in [2.05, 4.69) is 0 Å². The van der Waals surface area contributed by atoms with Gasteiger partial charge >= 0.3 is 0 Å². The van der Waals surface area contributed by atoms with E-state index in [1.165, 1.54) is 6.07 Å². The van der Waals surface area contributed by atoms with Crippen molar-refractivity contribution in [2.75, 3.05) is 7.11 Å². The number of carboxylic acids is 1. The average Bonchev–Trinajstić information content (AvgIpc) is 2.39.